The Labute approximate surface area is 143 Å². The van der Waals surface area contributed by atoms with E-state index < -0.39 is 10.9 Å². The Morgan fingerprint density at radius 1 is 1.24 bits per heavy atom. The van der Waals surface area contributed by atoms with E-state index in [1.54, 1.807) is 6.07 Å². The summed E-state index contributed by atoms with van der Waals surface area (Å²) >= 11 is 0. The van der Waals surface area contributed by atoms with E-state index in [1.807, 2.05) is 37.3 Å². The number of nitrogens with one attached hydrogen (secondary N) is 1. The second-order valence-corrected chi connectivity index (χ2v) is 5.53. The molecular weight excluding hydrogens is 324 g/mol. The first-order valence-corrected chi connectivity index (χ1v) is 7.61. The van der Waals surface area contributed by atoms with Crippen LogP contribution in [0.2, 0.25) is 0 Å². The molecule has 0 aliphatic rings. The van der Waals surface area contributed by atoms with Crippen LogP contribution in [0.25, 0.3) is 11.0 Å². The summed E-state index contributed by atoms with van der Waals surface area (Å²) in [5.41, 5.74) is 0.937. The highest BCUT2D eigenvalue weighted by atomic mass is 16.6. The Morgan fingerprint density at radius 3 is 2.68 bits per heavy atom. The van der Waals surface area contributed by atoms with Gasteiger partial charge in [-0.3, -0.25) is 10.1 Å². The summed E-state index contributed by atoms with van der Waals surface area (Å²) in [7, 11) is 1.18. The predicted octanol–water partition coefficient (Wildman–Crippen LogP) is 4.30. The van der Waals surface area contributed by atoms with Crippen molar-refractivity contribution in [1.29, 1.82) is 0 Å². The lowest BCUT2D eigenvalue weighted by Crippen LogP contribution is -2.09. The van der Waals surface area contributed by atoms with Gasteiger partial charge in [-0.05, 0) is 31.2 Å². The lowest BCUT2D eigenvalue weighted by Gasteiger charge is -2.13. The van der Waals surface area contributed by atoms with Crippen molar-refractivity contribution < 1.29 is 18.9 Å². The van der Waals surface area contributed by atoms with Crippen molar-refractivity contribution in [3.63, 3.8) is 0 Å². The summed E-state index contributed by atoms with van der Waals surface area (Å²) in [6.07, 6.45) is 0. The molecular formula is C18H16N2O5. The number of nitro groups is 1. The van der Waals surface area contributed by atoms with Gasteiger partial charge in [0.05, 0.1) is 18.1 Å². The summed E-state index contributed by atoms with van der Waals surface area (Å²) in [5.74, 6) is -0.0362. The summed E-state index contributed by atoms with van der Waals surface area (Å²) in [6, 6.07) is 13.6. The maximum Gasteiger partial charge on any atom is 0.344 e. The molecule has 0 saturated heterocycles. The number of furan rings is 1. The van der Waals surface area contributed by atoms with Gasteiger partial charge in [-0.2, -0.15) is 0 Å². The molecule has 1 N–H and O–H groups in total. The molecule has 7 heteroatoms. The fraction of sp³-hybridized carbons (Fsp3) is 0.167. The smallest absolute Gasteiger partial charge is 0.344 e. The number of hydrogen-bond acceptors (Lipinski definition) is 6. The van der Waals surface area contributed by atoms with E-state index in [1.165, 1.54) is 19.2 Å². The predicted molar refractivity (Wildman–Crippen MR) is 92.7 cm³/mol. The minimum absolute atomic E-state index is 0.102. The van der Waals surface area contributed by atoms with E-state index in [2.05, 4.69) is 10.1 Å². The maximum atomic E-state index is 11.8. The average molecular weight is 340 g/mol. The van der Waals surface area contributed by atoms with Crippen LogP contribution in [0.15, 0.2) is 52.9 Å². The second-order valence-electron chi connectivity index (χ2n) is 5.53. The van der Waals surface area contributed by atoms with Gasteiger partial charge in [0.15, 0.2) is 0 Å². The van der Waals surface area contributed by atoms with Gasteiger partial charge in [0.25, 0.3) is 5.69 Å². The van der Waals surface area contributed by atoms with Crippen molar-refractivity contribution in [3.05, 3.63) is 70.0 Å². The third-order valence-electron chi connectivity index (χ3n) is 3.85. The highest BCUT2D eigenvalue weighted by Gasteiger charge is 2.22. The number of benzene rings is 2. The molecule has 1 aromatic heterocycles. The Kier molecular flexibility index (Phi) is 4.38. The van der Waals surface area contributed by atoms with Crippen LogP contribution in [-0.4, -0.2) is 18.0 Å². The highest BCUT2D eigenvalue weighted by molar-refractivity contribution is 5.95. The molecule has 3 aromatic rings. The number of para-hydroxylation sites is 1. The van der Waals surface area contributed by atoms with Gasteiger partial charge < -0.3 is 14.5 Å². The zero-order chi connectivity index (χ0) is 18.0. The molecule has 2 aromatic carbocycles. The van der Waals surface area contributed by atoms with E-state index in [4.69, 9.17) is 4.42 Å². The van der Waals surface area contributed by atoms with Crippen molar-refractivity contribution in [2.24, 2.45) is 0 Å². The van der Waals surface area contributed by atoms with Gasteiger partial charge in [0.2, 0.25) is 0 Å². The first-order chi connectivity index (χ1) is 12.0. The molecule has 7 nitrogen and oxygen atoms in total. The summed E-state index contributed by atoms with van der Waals surface area (Å²) < 4.78 is 10.4. The molecule has 0 bridgehead atoms. The normalized spacial score (nSPS) is 11.9. The van der Waals surface area contributed by atoms with Gasteiger partial charge in [-0.25, -0.2) is 4.79 Å². The number of carbonyl (C=O) groups is 1. The molecule has 1 heterocycles. The molecule has 1 unspecified atom stereocenters. The van der Waals surface area contributed by atoms with E-state index in [0.29, 0.717) is 5.69 Å². The fourth-order valence-corrected chi connectivity index (χ4v) is 2.60. The Balaban J connectivity index is 1.88. The quantitative estimate of drug-likeness (QED) is 0.423. The standard InChI is InChI=1S/C18H16N2O5/c1-11(17-9-12-5-3-4-6-16(12)25-17)19-13-7-8-15(20(22)23)14(10-13)18(21)24-2/h3-11,19H,1-2H3. The molecule has 1 atom stereocenters. The zero-order valence-electron chi connectivity index (χ0n) is 13.7. The van der Waals surface area contributed by atoms with Crippen LogP contribution in [0.3, 0.4) is 0 Å². The van der Waals surface area contributed by atoms with Crippen LogP contribution >= 0.6 is 0 Å². The molecule has 0 amide bonds. The molecule has 0 radical (unpaired) electrons. The van der Waals surface area contributed by atoms with E-state index in [9.17, 15) is 14.9 Å². The van der Waals surface area contributed by atoms with Crippen LogP contribution in [0.5, 0.6) is 0 Å². The monoisotopic (exact) mass is 340 g/mol. The van der Waals surface area contributed by atoms with Crippen molar-refractivity contribution in [1.82, 2.24) is 0 Å². The third kappa shape index (κ3) is 3.30. The first-order valence-electron chi connectivity index (χ1n) is 7.61. The fourth-order valence-electron chi connectivity index (χ4n) is 2.60. The number of ether oxygens (including phenoxy) is 1. The molecule has 128 valence electrons. The third-order valence-corrected chi connectivity index (χ3v) is 3.85. The number of esters is 1. The SMILES string of the molecule is COC(=O)c1cc(NC(C)c2cc3ccccc3o2)ccc1[N+](=O)[O-]. The molecule has 0 saturated carbocycles. The molecule has 0 aliphatic heterocycles. The number of methoxy groups -OCH3 is 1. The molecule has 0 spiro atoms. The minimum atomic E-state index is -0.758. The van der Waals surface area contributed by atoms with E-state index in [-0.39, 0.29) is 17.3 Å². The van der Waals surface area contributed by atoms with Crippen LogP contribution in [-0.2, 0) is 4.74 Å². The summed E-state index contributed by atoms with van der Waals surface area (Å²) in [4.78, 5) is 22.2. The van der Waals surface area contributed by atoms with Crippen molar-refractivity contribution in [3.8, 4) is 0 Å². The number of fused-ring (bicyclic) bond motifs is 1. The zero-order valence-corrected chi connectivity index (χ0v) is 13.7. The van der Waals surface area contributed by atoms with Gasteiger partial charge in [0, 0.05) is 17.1 Å². The summed E-state index contributed by atoms with van der Waals surface area (Å²) in [5, 5.41) is 15.2. The van der Waals surface area contributed by atoms with Crippen molar-refractivity contribution in [2.75, 3.05) is 12.4 Å². The van der Waals surface area contributed by atoms with Gasteiger partial charge in [-0.15, -0.1) is 0 Å². The second kappa shape index (κ2) is 6.64. The Bertz CT molecular complexity index is 915. The molecule has 0 aliphatic carbocycles. The van der Waals surface area contributed by atoms with Gasteiger partial charge in [-0.1, -0.05) is 18.2 Å². The lowest BCUT2D eigenvalue weighted by atomic mass is 10.1. The van der Waals surface area contributed by atoms with Crippen LogP contribution in [0.4, 0.5) is 11.4 Å². The Morgan fingerprint density at radius 2 is 2.00 bits per heavy atom. The van der Waals surface area contributed by atoms with Gasteiger partial charge in [0.1, 0.15) is 16.9 Å². The number of rotatable bonds is 5. The number of anilines is 1. The minimum Gasteiger partial charge on any atom is -0.465 e. The number of hydrogen-bond donors (Lipinski definition) is 1. The summed E-state index contributed by atoms with van der Waals surface area (Å²) in [6.45, 7) is 1.90. The van der Waals surface area contributed by atoms with Crippen molar-refractivity contribution in [2.45, 2.75) is 13.0 Å². The topological polar surface area (TPSA) is 94.6 Å². The molecule has 25 heavy (non-hydrogen) atoms. The van der Waals surface area contributed by atoms with Crippen LogP contribution < -0.4 is 5.32 Å². The number of carbonyl (C=O) groups excluding carboxylic acids is 1. The average Bonchev–Trinajstić information content (AvgIpc) is 3.05. The first kappa shape index (κ1) is 16.5. The molecule has 0 fully saturated rings. The van der Waals surface area contributed by atoms with Crippen LogP contribution in [0, 0.1) is 10.1 Å². The van der Waals surface area contributed by atoms with Gasteiger partial charge >= 0.3 is 5.97 Å². The largest absolute Gasteiger partial charge is 0.465 e. The lowest BCUT2D eigenvalue weighted by molar-refractivity contribution is -0.385. The highest BCUT2D eigenvalue weighted by Crippen LogP contribution is 2.28. The van der Waals surface area contributed by atoms with E-state index in [0.717, 1.165) is 16.7 Å². The van der Waals surface area contributed by atoms with E-state index >= 15 is 0 Å². The maximum absolute atomic E-state index is 11.8. The van der Waals surface area contributed by atoms with Crippen LogP contribution in [0.1, 0.15) is 29.1 Å². The molecule has 3 rings (SSSR count). The van der Waals surface area contributed by atoms with Crippen molar-refractivity contribution >= 4 is 28.3 Å². The number of nitrogens with zero attached hydrogens (tertiary/aromatic N) is 1. The Hall–Kier alpha value is -3.35. The number of nitro benzene ring substituents is 1.